The van der Waals surface area contributed by atoms with Gasteiger partial charge in [-0.1, -0.05) is 43.7 Å². The predicted molar refractivity (Wildman–Crippen MR) is 128 cm³/mol. The van der Waals surface area contributed by atoms with E-state index < -0.39 is 17.9 Å². The van der Waals surface area contributed by atoms with Crippen LogP contribution in [-0.2, 0) is 11.2 Å². The van der Waals surface area contributed by atoms with Crippen LogP contribution in [0.25, 0.3) is 0 Å². The number of hydrogen-bond donors (Lipinski definition) is 1. The number of anilines is 1. The maximum Gasteiger partial charge on any atom is 0.342 e. The molecule has 0 fully saturated rings. The molecule has 2 aliphatic heterocycles. The van der Waals surface area contributed by atoms with Gasteiger partial charge < -0.3 is 19.3 Å². The number of rotatable bonds is 7. The second kappa shape index (κ2) is 9.29. The second-order valence-corrected chi connectivity index (χ2v) is 8.44. The Morgan fingerprint density at radius 2 is 1.91 bits per heavy atom. The van der Waals surface area contributed by atoms with E-state index in [2.05, 4.69) is 0 Å². The van der Waals surface area contributed by atoms with Crippen molar-refractivity contribution in [3.05, 3.63) is 76.6 Å². The largest absolute Gasteiger partial charge is 0.505 e. The highest BCUT2D eigenvalue weighted by molar-refractivity contribution is 6.17. The molecule has 1 atom stereocenters. The first kappa shape index (κ1) is 22.7. The van der Waals surface area contributed by atoms with Gasteiger partial charge in [0.1, 0.15) is 5.56 Å². The Labute approximate surface area is 203 Å². The van der Waals surface area contributed by atoms with Crippen LogP contribution >= 0.6 is 0 Å². The molecule has 2 aromatic carbocycles. The number of hydrogen-bond acceptors (Lipinski definition) is 7. The van der Waals surface area contributed by atoms with Crippen LogP contribution in [0.1, 0.15) is 70.4 Å². The zero-order chi connectivity index (χ0) is 24.5. The summed E-state index contributed by atoms with van der Waals surface area (Å²) in [6.45, 7) is 3.94. The van der Waals surface area contributed by atoms with Crippen LogP contribution in [0.4, 0.5) is 5.69 Å². The number of carbonyl (C=O) groups excluding carboxylic acids is 2. The van der Waals surface area contributed by atoms with Gasteiger partial charge in [-0.05, 0) is 31.0 Å². The molecule has 0 spiro atoms. The maximum atomic E-state index is 13.8. The van der Waals surface area contributed by atoms with Crippen LogP contribution in [0.15, 0.2) is 48.5 Å². The Kier molecular flexibility index (Phi) is 6.03. The lowest BCUT2D eigenvalue weighted by atomic mass is 9.98. The van der Waals surface area contributed by atoms with Crippen molar-refractivity contribution in [1.82, 2.24) is 4.98 Å². The summed E-state index contributed by atoms with van der Waals surface area (Å²) in [5.74, 6) is -0.309. The average Bonchev–Trinajstić information content (AvgIpc) is 3.43. The molecule has 8 heteroatoms. The number of aromatic nitrogens is 1. The summed E-state index contributed by atoms with van der Waals surface area (Å²) in [6, 6.07) is 14.4. The van der Waals surface area contributed by atoms with Crippen molar-refractivity contribution in [2.24, 2.45) is 0 Å². The van der Waals surface area contributed by atoms with Crippen LogP contribution in [0.2, 0.25) is 0 Å². The normalized spacial score (nSPS) is 15.9. The van der Waals surface area contributed by atoms with E-state index >= 15 is 0 Å². The molecule has 2 aliphatic rings. The van der Waals surface area contributed by atoms with Crippen LogP contribution in [-0.4, -0.2) is 35.4 Å². The van der Waals surface area contributed by atoms with E-state index in [9.17, 15) is 14.7 Å². The SMILES string of the molecule is CCCC1c2nc(Cc3ccccc3)c(O)c(C(=O)OCC)c2C(=O)N1c1ccc2c(c1)OCO2. The molecule has 5 rings (SSSR count). The highest BCUT2D eigenvalue weighted by Gasteiger charge is 2.44. The minimum atomic E-state index is -0.742. The maximum absolute atomic E-state index is 13.8. The van der Waals surface area contributed by atoms with Crippen LogP contribution in [0.5, 0.6) is 17.2 Å². The monoisotopic (exact) mass is 474 g/mol. The molecule has 0 saturated heterocycles. The van der Waals surface area contributed by atoms with Crippen molar-refractivity contribution in [2.75, 3.05) is 18.3 Å². The fourth-order valence-electron chi connectivity index (χ4n) is 4.67. The third kappa shape index (κ3) is 3.95. The van der Waals surface area contributed by atoms with E-state index in [0.717, 1.165) is 12.0 Å². The lowest BCUT2D eigenvalue weighted by Crippen LogP contribution is -2.28. The molecule has 35 heavy (non-hydrogen) atoms. The zero-order valence-electron chi connectivity index (χ0n) is 19.6. The van der Waals surface area contributed by atoms with Crippen molar-refractivity contribution in [3.63, 3.8) is 0 Å². The van der Waals surface area contributed by atoms with Gasteiger partial charge in [0.15, 0.2) is 17.2 Å². The Morgan fingerprint density at radius 3 is 2.66 bits per heavy atom. The van der Waals surface area contributed by atoms with E-state index in [0.29, 0.717) is 41.4 Å². The standard InChI is InChI=1S/C27H26N2O6/c1-3-8-19-24-22(26(31)29(19)17-11-12-20-21(14-17)35-15-34-20)23(27(32)33-4-2)25(30)18(28-24)13-16-9-6-5-7-10-16/h5-7,9-12,14,19,30H,3-4,8,13,15H2,1-2H3. The van der Waals surface area contributed by atoms with Crippen molar-refractivity contribution in [2.45, 2.75) is 39.2 Å². The van der Waals surface area contributed by atoms with E-state index in [1.165, 1.54) is 0 Å². The van der Waals surface area contributed by atoms with Gasteiger partial charge in [0.2, 0.25) is 6.79 Å². The molecule has 0 radical (unpaired) electrons. The molecule has 180 valence electrons. The molecule has 8 nitrogen and oxygen atoms in total. The molecule has 0 aliphatic carbocycles. The molecule has 0 bridgehead atoms. The molecule has 1 amide bonds. The number of ether oxygens (including phenoxy) is 3. The van der Waals surface area contributed by atoms with E-state index in [1.54, 1.807) is 30.0 Å². The number of esters is 1. The zero-order valence-corrected chi connectivity index (χ0v) is 19.6. The van der Waals surface area contributed by atoms with E-state index in [4.69, 9.17) is 19.2 Å². The average molecular weight is 475 g/mol. The summed E-state index contributed by atoms with van der Waals surface area (Å²) in [5, 5.41) is 11.2. The molecule has 1 N–H and O–H groups in total. The predicted octanol–water partition coefficient (Wildman–Crippen LogP) is 4.79. The second-order valence-electron chi connectivity index (χ2n) is 8.44. The Hall–Kier alpha value is -4.07. The number of aromatic hydroxyl groups is 1. The number of carbonyl (C=O) groups is 2. The first-order valence-electron chi connectivity index (χ1n) is 11.7. The summed E-state index contributed by atoms with van der Waals surface area (Å²) < 4.78 is 16.2. The topological polar surface area (TPSA) is 98.2 Å². The number of fused-ring (bicyclic) bond motifs is 2. The van der Waals surface area contributed by atoms with E-state index in [1.807, 2.05) is 37.3 Å². The summed E-state index contributed by atoms with van der Waals surface area (Å²) in [6.07, 6.45) is 1.71. The van der Waals surface area contributed by atoms with Crippen LogP contribution in [0.3, 0.4) is 0 Å². The van der Waals surface area contributed by atoms with Gasteiger partial charge >= 0.3 is 5.97 Å². The third-order valence-corrected chi connectivity index (χ3v) is 6.22. The number of benzene rings is 2. The number of pyridine rings is 1. The van der Waals surface area contributed by atoms with Gasteiger partial charge in [-0.25, -0.2) is 4.79 Å². The summed E-state index contributed by atoms with van der Waals surface area (Å²) >= 11 is 0. The molecule has 0 saturated carbocycles. The Morgan fingerprint density at radius 1 is 1.14 bits per heavy atom. The quantitative estimate of drug-likeness (QED) is 0.492. The third-order valence-electron chi connectivity index (χ3n) is 6.22. The van der Waals surface area contributed by atoms with Gasteiger partial charge in [0.25, 0.3) is 5.91 Å². The van der Waals surface area contributed by atoms with Crippen molar-refractivity contribution in [1.29, 1.82) is 0 Å². The Bertz CT molecular complexity index is 1290. The van der Waals surface area contributed by atoms with E-state index in [-0.39, 0.29) is 30.3 Å². The summed E-state index contributed by atoms with van der Waals surface area (Å²) in [4.78, 5) is 33.2. The van der Waals surface area contributed by atoms with Crippen LogP contribution in [0, 0.1) is 0 Å². The van der Waals surface area contributed by atoms with Gasteiger partial charge in [0.05, 0.1) is 29.6 Å². The molecule has 3 heterocycles. The first-order chi connectivity index (χ1) is 17.0. The highest BCUT2D eigenvalue weighted by Crippen LogP contribution is 2.46. The fourth-order valence-corrected chi connectivity index (χ4v) is 4.67. The van der Waals surface area contributed by atoms with Crippen molar-refractivity contribution >= 4 is 17.6 Å². The fraction of sp³-hybridized carbons (Fsp3) is 0.296. The molecule has 1 aromatic heterocycles. The van der Waals surface area contributed by atoms with Crippen LogP contribution < -0.4 is 14.4 Å². The lowest BCUT2D eigenvalue weighted by molar-refractivity contribution is 0.0519. The summed E-state index contributed by atoms with van der Waals surface area (Å²) in [7, 11) is 0. The highest BCUT2D eigenvalue weighted by atomic mass is 16.7. The Balaban J connectivity index is 1.67. The molecule has 3 aromatic rings. The number of amides is 1. The minimum absolute atomic E-state index is 0.0916. The lowest BCUT2D eigenvalue weighted by Gasteiger charge is -2.25. The number of nitrogens with zero attached hydrogens (tertiary/aromatic N) is 2. The van der Waals surface area contributed by atoms with Crippen molar-refractivity contribution in [3.8, 4) is 17.2 Å². The molecular formula is C27H26N2O6. The van der Waals surface area contributed by atoms with Gasteiger partial charge in [0, 0.05) is 18.2 Å². The van der Waals surface area contributed by atoms with Gasteiger partial charge in [-0.3, -0.25) is 14.7 Å². The molecule has 1 unspecified atom stereocenters. The smallest absolute Gasteiger partial charge is 0.342 e. The first-order valence-corrected chi connectivity index (χ1v) is 11.7. The van der Waals surface area contributed by atoms with Crippen molar-refractivity contribution < 1.29 is 28.9 Å². The minimum Gasteiger partial charge on any atom is -0.505 e. The van der Waals surface area contributed by atoms with Gasteiger partial charge in [-0.15, -0.1) is 0 Å². The van der Waals surface area contributed by atoms with Gasteiger partial charge in [-0.2, -0.15) is 0 Å². The summed E-state index contributed by atoms with van der Waals surface area (Å²) in [5.41, 5.74) is 2.30. The molecular weight excluding hydrogens is 448 g/mol.